The van der Waals surface area contributed by atoms with Gasteiger partial charge in [-0.1, -0.05) is 24.0 Å². The monoisotopic (exact) mass is 387 g/mol. The van der Waals surface area contributed by atoms with Crippen LogP contribution in [0, 0.1) is 18.8 Å². The third-order valence-corrected chi connectivity index (χ3v) is 4.99. The number of hydrogen-bond acceptors (Lipinski definition) is 6. The van der Waals surface area contributed by atoms with Crippen LogP contribution in [0.15, 0.2) is 36.4 Å². The summed E-state index contributed by atoms with van der Waals surface area (Å²) in [6.07, 6.45) is 1.06. The number of aliphatic hydroxyl groups is 1. The minimum Gasteiger partial charge on any atom is -0.382 e. The number of aryl methyl sites for hydroxylation is 1. The Morgan fingerprint density at radius 2 is 2.03 bits per heavy atom. The average molecular weight is 387 g/mol. The van der Waals surface area contributed by atoms with Gasteiger partial charge in [0.05, 0.1) is 11.2 Å². The zero-order valence-electron chi connectivity index (χ0n) is 16.3. The maximum Gasteiger partial charge on any atom is 0.267 e. The molecule has 0 spiro atoms. The molecule has 3 heterocycles. The highest BCUT2D eigenvalue weighted by atomic mass is 16.3. The molecule has 1 aliphatic heterocycles. The van der Waals surface area contributed by atoms with E-state index in [0.717, 1.165) is 12.0 Å². The van der Waals surface area contributed by atoms with Crippen LogP contribution >= 0.6 is 0 Å². The Morgan fingerprint density at radius 3 is 2.86 bits per heavy atom. The third kappa shape index (κ3) is 3.62. The maximum absolute atomic E-state index is 12.3. The molecule has 4 rings (SSSR count). The van der Waals surface area contributed by atoms with Gasteiger partial charge in [-0.15, -0.1) is 0 Å². The van der Waals surface area contributed by atoms with E-state index >= 15 is 0 Å². The van der Waals surface area contributed by atoms with Crippen LogP contribution in [-0.4, -0.2) is 50.1 Å². The summed E-state index contributed by atoms with van der Waals surface area (Å²) in [5.41, 5.74) is 7.86. The predicted octanol–water partition coefficient (Wildman–Crippen LogP) is 1.92. The molecule has 1 amide bonds. The fourth-order valence-corrected chi connectivity index (χ4v) is 3.46. The van der Waals surface area contributed by atoms with Gasteiger partial charge in [-0.2, -0.15) is 0 Å². The number of aromatic nitrogens is 3. The van der Waals surface area contributed by atoms with Gasteiger partial charge in [-0.05, 0) is 44.0 Å². The van der Waals surface area contributed by atoms with Crippen molar-refractivity contribution in [2.75, 3.05) is 19.3 Å². The van der Waals surface area contributed by atoms with E-state index in [-0.39, 0.29) is 5.91 Å². The van der Waals surface area contributed by atoms with E-state index in [1.165, 1.54) is 4.90 Å². The molecule has 0 radical (unpaired) electrons. The topological polar surface area (TPSA) is 105 Å². The fourth-order valence-electron chi connectivity index (χ4n) is 3.46. The first-order chi connectivity index (χ1) is 13.9. The van der Waals surface area contributed by atoms with Gasteiger partial charge >= 0.3 is 0 Å². The number of fused-ring (bicyclic) bond motifs is 1. The van der Waals surface area contributed by atoms with Crippen LogP contribution in [0.4, 0.5) is 5.82 Å². The molecule has 0 bridgehead atoms. The minimum atomic E-state index is -1.63. The smallest absolute Gasteiger partial charge is 0.267 e. The van der Waals surface area contributed by atoms with Crippen molar-refractivity contribution in [3.8, 4) is 23.1 Å². The van der Waals surface area contributed by atoms with Crippen molar-refractivity contribution in [3.05, 3.63) is 47.8 Å². The van der Waals surface area contributed by atoms with E-state index in [1.807, 2.05) is 36.4 Å². The molecule has 1 fully saturated rings. The number of carbonyl (C=O) groups is 1. The first-order valence-electron chi connectivity index (χ1n) is 9.38. The van der Waals surface area contributed by atoms with Crippen molar-refractivity contribution < 1.29 is 9.90 Å². The van der Waals surface area contributed by atoms with Gasteiger partial charge in [0, 0.05) is 24.7 Å². The van der Waals surface area contributed by atoms with E-state index in [9.17, 15) is 9.90 Å². The van der Waals surface area contributed by atoms with Crippen molar-refractivity contribution in [1.29, 1.82) is 0 Å². The normalized spacial score (nSPS) is 19.1. The Bertz CT molecular complexity index is 1180. The van der Waals surface area contributed by atoms with Crippen LogP contribution < -0.4 is 5.73 Å². The van der Waals surface area contributed by atoms with Gasteiger partial charge in [-0.3, -0.25) is 4.79 Å². The van der Waals surface area contributed by atoms with Gasteiger partial charge in [0.1, 0.15) is 11.3 Å². The molecule has 1 atom stereocenters. The first-order valence-corrected chi connectivity index (χ1v) is 9.38. The number of piperidine rings is 1. The number of anilines is 1. The largest absolute Gasteiger partial charge is 0.382 e. The second-order valence-electron chi connectivity index (χ2n) is 7.24. The molecule has 7 nitrogen and oxygen atoms in total. The van der Waals surface area contributed by atoms with Crippen LogP contribution in [0.1, 0.15) is 24.2 Å². The summed E-state index contributed by atoms with van der Waals surface area (Å²) < 4.78 is 0. The number of rotatable bonds is 1. The lowest BCUT2D eigenvalue weighted by molar-refractivity contribution is -0.148. The number of benzene rings is 1. The van der Waals surface area contributed by atoms with Crippen LogP contribution in [0.25, 0.3) is 22.3 Å². The highest BCUT2D eigenvalue weighted by Crippen LogP contribution is 2.24. The van der Waals surface area contributed by atoms with E-state index in [1.54, 1.807) is 14.0 Å². The Morgan fingerprint density at radius 1 is 1.21 bits per heavy atom. The molecule has 146 valence electrons. The number of nitrogens with zero attached hydrogens (tertiary/aromatic N) is 4. The number of amides is 1. The molecule has 1 aliphatic rings. The highest BCUT2D eigenvalue weighted by Gasteiger charge is 2.39. The first kappa shape index (κ1) is 18.8. The predicted molar refractivity (Wildman–Crippen MR) is 111 cm³/mol. The molecule has 3 aromatic rings. The summed E-state index contributed by atoms with van der Waals surface area (Å²) >= 11 is 0. The molecular formula is C22H21N5O2. The number of nitrogens with two attached hydrogens (primary N) is 1. The van der Waals surface area contributed by atoms with Crippen LogP contribution in [0.5, 0.6) is 0 Å². The number of pyridine rings is 1. The molecular weight excluding hydrogens is 366 g/mol. The zero-order chi connectivity index (χ0) is 20.6. The number of likely N-dealkylation sites (tertiary alicyclic amines) is 1. The number of hydrogen-bond donors (Lipinski definition) is 2. The van der Waals surface area contributed by atoms with Crippen LogP contribution in [0.3, 0.4) is 0 Å². The van der Waals surface area contributed by atoms with Gasteiger partial charge in [0.15, 0.2) is 5.82 Å². The lowest BCUT2D eigenvalue weighted by Gasteiger charge is -2.32. The van der Waals surface area contributed by atoms with Crippen LogP contribution in [-0.2, 0) is 4.79 Å². The third-order valence-electron chi connectivity index (χ3n) is 4.99. The average Bonchev–Trinajstić information content (AvgIpc) is 2.70. The van der Waals surface area contributed by atoms with E-state index in [2.05, 4.69) is 26.8 Å². The maximum atomic E-state index is 12.3. The summed E-state index contributed by atoms with van der Waals surface area (Å²) in [5, 5.41) is 10.6. The highest BCUT2D eigenvalue weighted by molar-refractivity contribution is 5.89. The summed E-state index contributed by atoms with van der Waals surface area (Å²) in [6.45, 7) is 2.42. The van der Waals surface area contributed by atoms with Gasteiger partial charge < -0.3 is 15.7 Å². The summed E-state index contributed by atoms with van der Waals surface area (Å²) in [7, 11) is 1.68. The lowest BCUT2D eigenvalue weighted by Crippen LogP contribution is -2.51. The van der Waals surface area contributed by atoms with E-state index in [0.29, 0.717) is 46.9 Å². The molecule has 0 unspecified atom stereocenters. The molecule has 1 aromatic carbocycles. The SMILES string of the molecule is Cc1nc(N)c2nc(-c3cccc(C#C[C@@]4(O)CCCN(C)C4=O)c3)ccc2n1. The Labute approximate surface area is 168 Å². The summed E-state index contributed by atoms with van der Waals surface area (Å²) in [6, 6.07) is 11.2. The van der Waals surface area contributed by atoms with Crippen LogP contribution in [0.2, 0.25) is 0 Å². The molecule has 2 aromatic heterocycles. The Balaban J connectivity index is 1.68. The molecule has 29 heavy (non-hydrogen) atoms. The van der Waals surface area contributed by atoms with Gasteiger partial charge in [0.2, 0.25) is 5.60 Å². The molecule has 7 heteroatoms. The van der Waals surface area contributed by atoms with Crippen molar-refractivity contribution in [1.82, 2.24) is 19.9 Å². The van der Waals surface area contributed by atoms with Gasteiger partial charge in [-0.25, -0.2) is 15.0 Å². The molecule has 0 aliphatic carbocycles. The zero-order valence-corrected chi connectivity index (χ0v) is 16.3. The van der Waals surface area contributed by atoms with Crippen molar-refractivity contribution >= 4 is 22.8 Å². The van der Waals surface area contributed by atoms with Crippen molar-refractivity contribution in [2.24, 2.45) is 0 Å². The molecule has 3 N–H and O–H groups in total. The standard InChI is InChI=1S/C22H21N5O2/c1-14-24-18-8-7-17(26-19(18)20(23)25-14)16-6-3-5-15(13-16)9-11-22(29)10-4-12-27(2)21(22)28/h3,5-8,13,29H,4,10,12H2,1-2H3,(H2,23,24,25)/t22-/m0/s1. The van der Waals surface area contributed by atoms with Gasteiger partial charge in [0.25, 0.3) is 5.91 Å². The second-order valence-corrected chi connectivity index (χ2v) is 7.24. The van der Waals surface area contributed by atoms with Crippen molar-refractivity contribution in [2.45, 2.75) is 25.4 Å². The Hall–Kier alpha value is -3.50. The summed E-state index contributed by atoms with van der Waals surface area (Å²) in [5.74, 6) is 6.31. The van der Waals surface area contributed by atoms with E-state index in [4.69, 9.17) is 5.73 Å². The quantitative estimate of drug-likeness (QED) is 0.618. The molecule has 1 saturated heterocycles. The van der Waals surface area contributed by atoms with Crippen molar-refractivity contribution in [3.63, 3.8) is 0 Å². The minimum absolute atomic E-state index is 0.340. The fraction of sp³-hybridized carbons (Fsp3) is 0.273. The molecule has 0 saturated carbocycles. The number of carbonyl (C=O) groups excluding carboxylic acids is 1. The van der Waals surface area contributed by atoms with E-state index < -0.39 is 5.60 Å². The summed E-state index contributed by atoms with van der Waals surface area (Å²) in [4.78, 5) is 26.9. The number of nitrogen functional groups attached to an aromatic ring is 1. The number of likely N-dealkylation sites (N-methyl/N-ethyl adjacent to an activating group) is 1. The second kappa shape index (κ2) is 7.15. The Kier molecular flexibility index (Phi) is 4.65. The lowest BCUT2D eigenvalue weighted by atomic mass is 9.92.